The van der Waals surface area contributed by atoms with Crippen LogP contribution in [-0.2, 0) is 0 Å². The van der Waals surface area contributed by atoms with Crippen LogP contribution in [0.5, 0.6) is 0 Å². The van der Waals surface area contributed by atoms with Crippen LogP contribution in [0, 0.1) is 23.2 Å². The Morgan fingerprint density at radius 2 is 2.29 bits per heavy atom. The fraction of sp³-hybridized carbons (Fsp3) is 0.917. The molecule has 1 fully saturated rings. The summed E-state index contributed by atoms with van der Waals surface area (Å²) in [6.07, 6.45) is 6.37. The zero-order chi connectivity index (χ0) is 10.4. The highest BCUT2D eigenvalue weighted by atomic mass is 14.9. The van der Waals surface area contributed by atoms with E-state index in [0.29, 0.717) is 0 Å². The first-order chi connectivity index (χ1) is 6.76. The average molecular weight is 194 g/mol. The van der Waals surface area contributed by atoms with Crippen LogP contribution in [-0.4, -0.2) is 12.6 Å². The molecule has 1 N–H and O–H groups in total. The molecular weight excluding hydrogens is 172 g/mol. The Balaban J connectivity index is 2.20. The molecule has 1 saturated carbocycles. The Kier molecular flexibility index (Phi) is 4.97. The summed E-state index contributed by atoms with van der Waals surface area (Å²) in [6, 6.07) is 2.35. The maximum atomic E-state index is 8.79. The number of rotatable bonds is 4. The highest BCUT2D eigenvalue weighted by Gasteiger charge is 2.19. The van der Waals surface area contributed by atoms with E-state index in [2.05, 4.69) is 25.2 Å². The summed E-state index contributed by atoms with van der Waals surface area (Å²) in [6.45, 7) is 5.44. The van der Waals surface area contributed by atoms with Crippen LogP contribution < -0.4 is 5.32 Å². The molecule has 0 heterocycles. The monoisotopic (exact) mass is 194 g/mol. The SMILES string of the molecule is CCC(C#N)NCC1CCCC(C)C1. The lowest BCUT2D eigenvalue weighted by molar-refractivity contribution is 0.270. The molecule has 3 atom stereocenters. The van der Waals surface area contributed by atoms with E-state index in [1.54, 1.807) is 0 Å². The van der Waals surface area contributed by atoms with E-state index < -0.39 is 0 Å². The molecule has 2 heteroatoms. The third-order valence-electron chi connectivity index (χ3n) is 3.26. The van der Waals surface area contributed by atoms with E-state index in [-0.39, 0.29) is 6.04 Å². The predicted molar refractivity (Wildman–Crippen MR) is 58.8 cm³/mol. The molecule has 0 bridgehead atoms. The van der Waals surface area contributed by atoms with Crippen LogP contribution in [0.25, 0.3) is 0 Å². The van der Waals surface area contributed by atoms with Gasteiger partial charge < -0.3 is 5.32 Å². The van der Waals surface area contributed by atoms with Gasteiger partial charge in [0.1, 0.15) is 0 Å². The average Bonchev–Trinajstić information content (AvgIpc) is 2.19. The molecule has 1 rings (SSSR count). The first-order valence-corrected chi connectivity index (χ1v) is 5.89. The second kappa shape index (κ2) is 6.03. The normalized spacial score (nSPS) is 29.5. The molecule has 1 aliphatic rings. The second-order valence-electron chi connectivity index (χ2n) is 4.64. The number of nitriles is 1. The predicted octanol–water partition coefficient (Wildman–Crippen LogP) is 2.70. The van der Waals surface area contributed by atoms with Gasteiger partial charge in [-0.15, -0.1) is 0 Å². The van der Waals surface area contributed by atoms with Gasteiger partial charge in [-0.1, -0.05) is 26.7 Å². The van der Waals surface area contributed by atoms with Crippen LogP contribution in [0.3, 0.4) is 0 Å². The Bertz CT molecular complexity index is 195. The molecule has 0 amide bonds. The zero-order valence-electron chi connectivity index (χ0n) is 9.42. The van der Waals surface area contributed by atoms with Crippen LogP contribution in [0.1, 0.15) is 46.0 Å². The third-order valence-corrected chi connectivity index (χ3v) is 3.26. The summed E-state index contributed by atoms with van der Waals surface area (Å²) in [4.78, 5) is 0. The van der Waals surface area contributed by atoms with Crippen LogP contribution >= 0.6 is 0 Å². The van der Waals surface area contributed by atoms with E-state index >= 15 is 0 Å². The van der Waals surface area contributed by atoms with Crippen LogP contribution in [0.4, 0.5) is 0 Å². The van der Waals surface area contributed by atoms with E-state index in [9.17, 15) is 0 Å². The van der Waals surface area contributed by atoms with Gasteiger partial charge in [-0.05, 0) is 37.6 Å². The number of hydrogen-bond acceptors (Lipinski definition) is 2. The molecule has 0 spiro atoms. The molecule has 14 heavy (non-hydrogen) atoms. The van der Waals surface area contributed by atoms with Gasteiger partial charge in [0, 0.05) is 0 Å². The van der Waals surface area contributed by atoms with Crippen molar-refractivity contribution in [1.29, 1.82) is 5.26 Å². The summed E-state index contributed by atoms with van der Waals surface area (Å²) in [7, 11) is 0. The molecule has 0 aromatic carbocycles. The molecule has 80 valence electrons. The second-order valence-corrected chi connectivity index (χ2v) is 4.64. The Hall–Kier alpha value is -0.550. The van der Waals surface area contributed by atoms with Crippen molar-refractivity contribution in [2.24, 2.45) is 11.8 Å². The lowest BCUT2D eigenvalue weighted by atomic mass is 9.82. The Morgan fingerprint density at radius 3 is 2.86 bits per heavy atom. The van der Waals surface area contributed by atoms with Gasteiger partial charge in [-0.2, -0.15) is 5.26 Å². The molecule has 3 unspecified atom stereocenters. The molecular formula is C12H22N2. The van der Waals surface area contributed by atoms with Crippen molar-refractivity contribution in [2.45, 2.75) is 52.0 Å². The minimum atomic E-state index is 0.0623. The van der Waals surface area contributed by atoms with Crippen molar-refractivity contribution >= 4 is 0 Å². The van der Waals surface area contributed by atoms with Gasteiger partial charge in [-0.3, -0.25) is 0 Å². The Morgan fingerprint density at radius 1 is 1.50 bits per heavy atom. The topological polar surface area (TPSA) is 35.8 Å². The quantitative estimate of drug-likeness (QED) is 0.747. The van der Waals surface area contributed by atoms with Gasteiger partial charge in [0.15, 0.2) is 0 Å². The maximum Gasteiger partial charge on any atom is 0.0950 e. The standard InChI is InChI=1S/C12H22N2/c1-3-12(8-13)14-9-11-6-4-5-10(2)7-11/h10-12,14H,3-7,9H2,1-2H3. The number of nitrogens with one attached hydrogen (secondary N) is 1. The van der Waals surface area contributed by atoms with Crippen molar-refractivity contribution in [3.05, 3.63) is 0 Å². The van der Waals surface area contributed by atoms with E-state index in [4.69, 9.17) is 5.26 Å². The lowest BCUT2D eigenvalue weighted by Gasteiger charge is -2.27. The first kappa shape index (κ1) is 11.5. The van der Waals surface area contributed by atoms with Crippen molar-refractivity contribution in [2.75, 3.05) is 6.54 Å². The first-order valence-electron chi connectivity index (χ1n) is 5.89. The molecule has 1 aliphatic carbocycles. The van der Waals surface area contributed by atoms with Crippen molar-refractivity contribution in [3.8, 4) is 6.07 Å². The summed E-state index contributed by atoms with van der Waals surface area (Å²) >= 11 is 0. The molecule has 0 saturated heterocycles. The van der Waals surface area contributed by atoms with Gasteiger partial charge >= 0.3 is 0 Å². The summed E-state index contributed by atoms with van der Waals surface area (Å²) in [5.74, 6) is 1.69. The van der Waals surface area contributed by atoms with Gasteiger partial charge in [0.05, 0.1) is 12.1 Å². The van der Waals surface area contributed by atoms with Crippen LogP contribution in [0.2, 0.25) is 0 Å². The highest BCUT2D eigenvalue weighted by molar-refractivity contribution is 4.89. The molecule has 0 aromatic heterocycles. The summed E-state index contributed by atoms with van der Waals surface area (Å²) < 4.78 is 0. The third kappa shape index (κ3) is 3.67. The van der Waals surface area contributed by atoms with Crippen LogP contribution in [0.15, 0.2) is 0 Å². The fourth-order valence-electron chi connectivity index (χ4n) is 2.34. The largest absolute Gasteiger partial charge is 0.302 e. The maximum absolute atomic E-state index is 8.79. The lowest BCUT2D eigenvalue weighted by Crippen LogP contribution is -2.33. The van der Waals surface area contributed by atoms with E-state index in [1.165, 1.54) is 25.7 Å². The van der Waals surface area contributed by atoms with Crippen molar-refractivity contribution in [3.63, 3.8) is 0 Å². The number of hydrogen-bond donors (Lipinski definition) is 1. The fourth-order valence-corrected chi connectivity index (χ4v) is 2.34. The van der Waals surface area contributed by atoms with Gasteiger partial charge in [-0.25, -0.2) is 0 Å². The minimum Gasteiger partial charge on any atom is -0.302 e. The highest BCUT2D eigenvalue weighted by Crippen LogP contribution is 2.27. The van der Waals surface area contributed by atoms with Gasteiger partial charge in [0.2, 0.25) is 0 Å². The summed E-state index contributed by atoms with van der Waals surface area (Å²) in [5.41, 5.74) is 0. The molecule has 0 aromatic rings. The molecule has 0 radical (unpaired) electrons. The zero-order valence-corrected chi connectivity index (χ0v) is 9.42. The van der Waals surface area contributed by atoms with Gasteiger partial charge in [0.25, 0.3) is 0 Å². The number of nitrogens with zero attached hydrogens (tertiary/aromatic N) is 1. The molecule has 0 aliphatic heterocycles. The summed E-state index contributed by atoms with van der Waals surface area (Å²) in [5, 5.41) is 12.1. The smallest absolute Gasteiger partial charge is 0.0950 e. The van der Waals surface area contributed by atoms with Crippen molar-refractivity contribution in [1.82, 2.24) is 5.32 Å². The van der Waals surface area contributed by atoms with Crippen molar-refractivity contribution < 1.29 is 0 Å². The van der Waals surface area contributed by atoms with E-state index in [0.717, 1.165) is 24.8 Å². The van der Waals surface area contributed by atoms with E-state index in [1.807, 2.05) is 0 Å². The molecule has 2 nitrogen and oxygen atoms in total. The minimum absolute atomic E-state index is 0.0623. The Labute approximate surface area is 87.7 Å².